The molecule has 3 rings (SSSR count). The van der Waals surface area contributed by atoms with E-state index >= 15 is 0 Å². The highest BCUT2D eigenvalue weighted by Gasteiger charge is 2.22. The Bertz CT molecular complexity index is 714. The SMILES string of the molecule is COc1ccc2c(c1)CCC[C@H]2NC(=O)Cc1ccccc1F. The molecule has 0 fully saturated rings. The molecule has 0 heterocycles. The molecular formula is C19H20FNO2. The summed E-state index contributed by atoms with van der Waals surface area (Å²) in [7, 11) is 1.65. The lowest BCUT2D eigenvalue weighted by Crippen LogP contribution is -2.32. The molecule has 1 amide bonds. The van der Waals surface area contributed by atoms with Gasteiger partial charge in [0.15, 0.2) is 0 Å². The van der Waals surface area contributed by atoms with Crippen LogP contribution < -0.4 is 10.1 Å². The minimum atomic E-state index is -0.337. The van der Waals surface area contributed by atoms with Crippen molar-refractivity contribution in [2.24, 2.45) is 0 Å². The van der Waals surface area contributed by atoms with Crippen LogP contribution in [0.3, 0.4) is 0 Å². The van der Waals surface area contributed by atoms with E-state index in [1.165, 1.54) is 11.6 Å². The molecule has 1 aliphatic carbocycles. The predicted octanol–water partition coefficient (Wildman–Crippen LogP) is 3.57. The summed E-state index contributed by atoms with van der Waals surface area (Å²) in [4.78, 5) is 12.3. The highest BCUT2D eigenvalue weighted by molar-refractivity contribution is 5.79. The Balaban J connectivity index is 1.72. The highest BCUT2D eigenvalue weighted by atomic mass is 19.1. The smallest absolute Gasteiger partial charge is 0.225 e. The molecule has 3 nitrogen and oxygen atoms in total. The third-order valence-corrected chi connectivity index (χ3v) is 4.31. The van der Waals surface area contributed by atoms with Crippen LogP contribution in [0.15, 0.2) is 42.5 Å². The topological polar surface area (TPSA) is 38.3 Å². The molecule has 1 aliphatic rings. The maximum atomic E-state index is 13.7. The van der Waals surface area contributed by atoms with Crippen molar-refractivity contribution in [1.29, 1.82) is 0 Å². The van der Waals surface area contributed by atoms with Crippen LogP contribution >= 0.6 is 0 Å². The minimum absolute atomic E-state index is 0.0103. The molecule has 120 valence electrons. The van der Waals surface area contributed by atoms with Gasteiger partial charge in [-0.25, -0.2) is 4.39 Å². The van der Waals surface area contributed by atoms with Crippen molar-refractivity contribution in [3.05, 3.63) is 65.0 Å². The maximum absolute atomic E-state index is 13.7. The molecule has 0 saturated carbocycles. The molecule has 0 aliphatic heterocycles. The number of hydrogen-bond acceptors (Lipinski definition) is 2. The summed E-state index contributed by atoms with van der Waals surface area (Å²) in [5, 5.41) is 3.04. The number of ether oxygens (including phenoxy) is 1. The summed E-state index contributed by atoms with van der Waals surface area (Å²) in [6.45, 7) is 0. The number of nitrogens with one attached hydrogen (secondary N) is 1. The largest absolute Gasteiger partial charge is 0.497 e. The van der Waals surface area contributed by atoms with E-state index in [0.717, 1.165) is 30.6 Å². The molecule has 1 atom stereocenters. The van der Waals surface area contributed by atoms with E-state index < -0.39 is 0 Å². The van der Waals surface area contributed by atoms with Crippen LogP contribution in [0.5, 0.6) is 5.75 Å². The molecule has 4 heteroatoms. The normalized spacial score (nSPS) is 16.5. The summed E-state index contributed by atoms with van der Waals surface area (Å²) < 4.78 is 18.9. The van der Waals surface area contributed by atoms with Crippen molar-refractivity contribution in [3.8, 4) is 5.75 Å². The van der Waals surface area contributed by atoms with Gasteiger partial charge in [-0.05, 0) is 54.2 Å². The van der Waals surface area contributed by atoms with Gasteiger partial charge in [-0.2, -0.15) is 0 Å². The molecule has 0 aromatic heterocycles. The Kier molecular flexibility index (Phi) is 4.60. The van der Waals surface area contributed by atoms with Gasteiger partial charge in [-0.1, -0.05) is 24.3 Å². The molecule has 1 N–H and O–H groups in total. The molecule has 2 aromatic carbocycles. The van der Waals surface area contributed by atoms with Crippen molar-refractivity contribution in [2.45, 2.75) is 31.7 Å². The van der Waals surface area contributed by atoms with Crippen LogP contribution in [-0.4, -0.2) is 13.0 Å². The monoisotopic (exact) mass is 313 g/mol. The number of carbonyl (C=O) groups is 1. The number of fused-ring (bicyclic) bond motifs is 1. The van der Waals surface area contributed by atoms with Crippen molar-refractivity contribution < 1.29 is 13.9 Å². The molecule has 0 radical (unpaired) electrons. The number of benzene rings is 2. The quantitative estimate of drug-likeness (QED) is 0.937. The number of carbonyl (C=O) groups excluding carboxylic acids is 1. The van der Waals surface area contributed by atoms with Crippen LogP contribution in [-0.2, 0) is 17.6 Å². The molecular weight excluding hydrogens is 293 g/mol. The first-order chi connectivity index (χ1) is 11.2. The second kappa shape index (κ2) is 6.82. The van der Waals surface area contributed by atoms with Crippen molar-refractivity contribution >= 4 is 5.91 Å². The third-order valence-electron chi connectivity index (χ3n) is 4.31. The Hall–Kier alpha value is -2.36. The van der Waals surface area contributed by atoms with E-state index in [1.54, 1.807) is 25.3 Å². The summed E-state index contributed by atoms with van der Waals surface area (Å²) in [5.74, 6) is 0.349. The van der Waals surface area contributed by atoms with Gasteiger partial charge >= 0.3 is 0 Å². The second-order valence-electron chi connectivity index (χ2n) is 5.85. The number of halogens is 1. The van der Waals surface area contributed by atoms with Crippen LogP contribution in [0.2, 0.25) is 0 Å². The zero-order valence-corrected chi connectivity index (χ0v) is 13.1. The lowest BCUT2D eigenvalue weighted by Gasteiger charge is -2.27. The molecule has 23 heavy (non-hydrogen) atoms. The van der Waals surface area contributed by atoms with Gasteiger partial charge in [0.2, 0.25) is 5.91 Å². The lowest BCUT2D eigenvalue weighted by molar-refractivity contribution is -0.121. The van der Waals surface area contributed by atoms with Gasteiger partial charge in [0, 0.05) is 0 Å². The van der Waals surface area contributed by atoms with E-state index in [0.29, 0.717) is 5.56 Å². The van der Waals surface area contributed by atoms with E-state index in [9.17, 15) is 9.18 Å². The van der Waals surface area contributed by atoms with Gasteiger partial charge in [-0.15, -0.1) is 0 Å². The third kappa shape index (κ3) is 3.52. The van der Waals surface area contributed by atoms with Gasteiger partial charge < -0.3 is 10.1 Å². The first-order valence-corrected chi connectivity index (χ1v) is 7.87. The van der Waals surface area contributed by atoms with Crippen LogP contribution in [0.1, 0.15) is 35.6 Å². The number of aryl methyl sites for hydroxylation is 1. The van der Waals surface area contributed by atoms with Gasteiger partial charge in [0.1, 0.15) is 11.6 Å². The lowest BCUT2D eigenvalue weighted by atomic mass is 9.87. The number of amides is 1. The van der Waals surface area contributed by atoms with Crippen LogP contribution in [0.25, 0.3) is 0 Å². The molecule has 0 bridgehead atoms. The molecule has 2 aromatic rings. The molecule has 0 saturated heterocycles. The Labute approximate surface area is 135 Å². The Morgan fingerprint density at radius 1 is 1.30 bits per heavy atom. The van der Waals surface area contributed by atoms with Gasteiger partial charge in [0.25, 0.3) is 0 Å². The standard InChI is InChI=1S/C19H20FNO2/c1-23-15-9-10-16-13(11-15)6-4-8-18(16)21-19(22)12-14-5-2-3-7-17(14)20/h2-3,5,7,9-11,18H,4,6,8,12H2,1H3,(H,21,22)/t18-/m1/s1. The van der Waals surface area contributed by atoms with Crippen molar-refractivity contribution in [1.82, 2.24) is 5.32 Å². The maximum Gasteiger partial charge on any atom is 0.225 e. The Morgan fingerprint density at radius 3 is 2.91 bits per heavy atom. The summed E-state index contributed by atoms with van der Waals surface area (Å²) in [5.41, 5.74) is 2.78. The first-order valence-electron chi connectivity index (χ1n) is 7.87. The summed E-state index contributed by atoms with van der Waals surface area (Å²) in [6, 6.07) is 12.4. The first kappa shape index (κ1) is 15.5. The number of hydrogen-bond donors (Lipinski definition) is 1. The van der Waals surface area contributed by atoms with Gasteiger partial charge in [-0.3, -0.25) is 4.79 Å². The average molecular weight is 313 g/mol. The molecule has 0 unspecified atom stereocenters. The number of rotatable bonds is 4. The van der Waals surface area contributed by atoms with Crippen molar-refractivity contribution in [2.75, 3.05) is 7.11 Å². The van der Waals surface area contributed by atoms with E-state index in [1.807, 2.05) is 18.2 Å². The van der Waals surface area contributed by atoms with E-state index in [-0.39, 0.29) is 24.2 Å². The predicted molar refractivity (Wildman–Crippen MR) is 86.9 cm³/mol. The van der Waals surface area contributed by atoms with E-state index in [4.69, 9.17) is 4.74 Å². The zero-order chi connectivity index (χ0) is 16.2. The fraction of sp³-hybridized carbons (Fsp3) is 0.316. The second-order valence-corrected chi connectivity index (χ2v) is 5.85. The highest BCUT2D eigenvalue weighted by Crippen LogP contribution is 2.32. The Morgan fingerprint density at radius 2 is 2.13 bits per heavy atom. The summed E-state index contributed by atoms with van der Waals surface area (Å²) in [6.07, 6.45) is 2.98. The van der Waals surface area contributed by atoms with E-state index in [2.05, 4.69) is 5.32 Å². The number of methoxy groups -OCH3 is 1. The van der Waals surface area contributed by atoms with Gasteiger partial charge in [0.05, 0.1) is 19.6 Å². The summed E-state index contributed by atoms with van der Waals surface area (Å²) >= 11 is 0. The fourth-order valence-electron chi connectivity index (χ4n) is 3.13. The fourth-order valence-corrected chi connectivity index (χ4v) is 3.13. The zero-order valence-electron chi connectivity index (χ0n) is 13.1. The molecule has 0 spiro atoms. The van der Waals surface area contributed by atoms with Crippen LogP contribution in [0.4, 0.5) is 4.39 Å². The van der Waals surface area contributed by atoms with Crippen LogP contribution in [0, 0.1) is 5.82 Å². The van der Waals surface area contributed by atoms with Crippen molar-refractivity contribution in [3.63, 3.8) is 0 Å². The average Bonchev–Trinajstić information content (AvgIpc) is 2.56. The minimum Gasteiger partial charge on any atom is -0.497 e.